The second kappa shape index (κ2) is 7.60. The van der Waals surface area contributed by atoms with E-state index in [0.717, 1.165) is 23.4 Å². The summed E-state index contributed by atoms with van der Waals surface area (Å²) in [6.07, 6.45) is 0. The van der Waals surface area contributed by atoms with Gasteiger partial charge in [-0.2, -0.15) is 0 Å². The quantitative estimate of drug-likeness (QED) is 0.362. The lowest BCUT2D eigenvalue weighted by molar-refractivity contribution is -0.674. The summed E-state index contributed by atoms with van der Waals surface area (Å²) < 4.78 is 9.76. The summed E-state index contributed by atoms with van der Waals surface area (Å²) in [6, 6.07) is 8.93. The Morgan fingerprint density at radius 1 is 1.23 bits per heavy atom. The fraction of sp³-hybridized carbons (Fsp3) is 0.316. The summed E-state index contributed by atoms with van der Waals surface area (Å²) >= 11 is 7.22. The monoisotopic (exact) mass is 391 g/mol. The highest BCUT2D eigenvalue weighted by Gasteiger charge is 2.25. The second-order valence-electron chi connectivity index (χ2n) is 5.83. The molecule has 0 bridgehead atoms. The summed E-state index contributed by atoms with van der Waals surface area (Å²) in [6.45, 7) is 7.09. The van der Waals surface area contributed by atoms with Crippen LogP contribution in [0.15, 0.2) is 30.3 Å². The molecule has 0 fully saturated rings. The summed E-state index contributed by atoms with van der Waals surface area (Å²) in [5.74, 6) is 0.588. The zero-order chi connectivity index (χ0) is 18.8. The van der Waals surface area contributed by atoms with Gasteiger partial charge < -0.3 is 4.74 Å². The Kier molecular flexibility index (Phi) is 5.44. The molecule has 0 aliphatic heterocycles. The number of nitrogens with zero attached hydrogens (tertiary/aromatic N) is 2. The molecule has 3 aromatic rings. The van der Waals surface area contributed by atoms with Crippen LogP contribution in [-0.2, 0) is 17.8 Å². The van der Waals surface area contributed by atoms with Gasteiger partial charge in [0.2, 0.25) is 5.78 Å². The van der Waals surface area contributed by atoms with E-state index < -0.39 is 0 Å². The summed E-state index contributed by atoms with van der Waals surface area (Å²) in [7, 11) is 0. The number of ether oxygens (including phenoxy) is 1. The molecule has 26 heavy (non-hydrogen) atoms. The lowest BCUT2D eigenvalue weighted by Crippen LogP contribution is -2.35. The molecule has 0 aliphatic carbocycles. The van der Waals surface area contributed by atoms with Gasteiger partial charge in [0.05, 0.1) is 27.9 Å². The number of carbonyl (C=O) groups excluding carboxylic acids is 2. The van der Waals surface area contributed by atoms with Gasteiger partial charge in [0.25, 0.3) is 5.82 Å². The molecule has 0 saturated heterocycles. The van der Waals surface area contributed by atoms with Crippen molar-refractivity contribution in [2.45, 2.75) is 33.9 Å². The molecule has 136 valence electrons. The predicted octanol–water partition coefficient (Wildman–Crippen LogP) is 4.03. The Balaban J connectivity index is 2.07. The molecule has 0 N–H and O–H groups in total. The van der Waals surface area contributed by atoms with E-state index >= 15 is 0 Å². The van der Waals surface area contributed by atoms with Crippen molar-refractivity contribution < 1.29 is 18.9 Å². The number of aryl methyl sites for hydroxylation is 1. The maximum Gasteiger partial charge on any atom is 0.338 e. The molecular formula is C19H20ClN2O3S+. The normalized spacial score (nSPS) is 11.1. The molecule has 2 aromatic heterocycles. The Labute approximate surface area is 160 Å². The van der Waals surface area contributed by atoms with E-state index in [1.165, 1.54) is 11.3 Å². The fourth-order valence-electron chi connectivity index (χ4n) is 3.09. The second-order valence-corrected chi connectivity index (χ2v) is 7.54. The number of benzene rings is 1. The number of ketones is 1. The first-order valence-corrected chi connectivity index (χ1v) is 9.64. The molecule has 3 rings (SSSR count). The maximum absolute atomic E-state index is 12.7. The van der Waals surface area contributed by atoms with E-state index in [1.54, 1.807) is 31.2 Å². The van der Waals surface area contributed by atoms with E-state index in [1.807, 2.05) is 17.6 Å². The van der Waals surface area contributed by atoms with Crippen molar-refractivity contribution in [3.63, 3.8) is 0 Å². The minimum atomic E-state index is -0.362. The van der Waals surface area contributed by atoms with Crippen LogP contribution in [0.1, 0.15) is 39.7 Å². The van der Waals surface area contributed by atoms with Crippen molar-refractivity contribution in [2.24, 2.45) is 0 Å². The van der Waals surface area contributed by atoms with Gasteiger partial charge in [-0.05, 0) is 38.1 Å². The van der Waals surface area contributed by atoms with Gasteiger partial charge in [-0.1, -0.05) is 11.6 Å². The Morgan fingerprint density at radius 2 is 2.00 bits per heavy atom. The number of esters is 1. The first kappa shape index (κ1) is 18.6. The predicted molar refractivity (Wildman–Crippen MR) is 102 cm³/mol. The van der Waals surface area contributed by atoms with Gasteiger partial charge in [0.1, 0.15) is 0 Å². The van der Waals surface area contributed by atoms with E-state index in [-0.39, 0.29) is 18.3 Å². The molecular weight excluding hydrogens is 372 g/mol. The Morgan fingerprint density at radius 3 is 2.62 bits per heavy atom. The van der Waals surface area contributed by atoms with Gasteiger partial charge in [0.15, 0.2) is 17.6 Å². The van der Waals surface area contributed by atoms with Crippen LogP contribution in [0.4, 0.5) is 0 Å². The molecule has 5 nitrogen and oxygen atoms in total. The standard InChI is InChI=1S/C19H20ClN2O3S/c1-4-21-12(3)22(11-16(23)17-8-9-18(20)26-17)15-10-13(6-7-14(15)21)19(24)25-5-2/h6-10H,4-5,11H2,1-3H3/q+1. The maximum atomic E-state index is 12.7. The molecule has 0 saturated carbocycles. The SMILES string of the molecule is CCOC(=O)c1ccc2c(c1)n(CC(=O)c1ccc(Cl)s1)c(C)[n+]2CC. The third-order valence-electron chi connectivity index (χ3n) is 4.32. The average Bonchev–Trinajstić information content (AvgIpc) is 3.17. The molecule has 0 atom stereocenters. The van der Waals surface area contributed by atoms with Crippen molar-refractivity contribution in [1.29, 1.82) is 0 Å². The van der Waals surface area contributed by atoms with Crippen LogP contribution < -0.4 is 4.57 Å². The van der Waals surface area contributed by atoms with Crippen LogP contribution in [0.25, 0.3) is 11.0 Å². The first-order chi connectivity index (χ1) is 12.5. The van der Waals surface area contributed by atoms with Crippen molar-refractivity contribution in [3.8, 4) is 0 Å². The van der Waals surface area contributed by atoms with Gasteiger partial charge in [0, 0.05) is 13.0 Å². The Hall–Kier alpha value is -2.18. The number of halogens is 1. The van der Waals surface area contributed by atoms with Crippen LogP contribution in [0.3, 0.4) is 0 Å². The van der Waals surface area contributed by atoms with Crippen molar-refractivity contribution in [3.05, 3.63) is 50.9 Å². The molecule has 0 amide bonds. The summed E-state index contributed by atoms with van der Waals surface area (Å²) in [5, 5.41) is 0. The average molecular weight is 392 g/mol. The van der Waals surface area contributed by atoms with E-state index in [9.17, 15) is 9.59 Å². The third kappa shape index (κ3) is 3.39. The number of hydrogen-bond donors (Lipinski definition) is 0. The molecule has 7 heteroatoms. The molecule has 0 aliphatic rings. The molecule has 0 unspecified atom stereocenters. The van der Waals surface area contributed by atoms with Crippen LogP contribution in [0.2, 0.25) is 4.34 Å². The van der Waals surface area contributed by atoms with Crippen LogP contribution in [-0.4, -0.2) is 22.9 Å². The highest BCUT2D eigenvalue weighted by atomic mass is 35.5. The van der Waals surface area contributed by atoms with Crippen LogP contribution in [0, 0.1) is 6.92 Å². The minimum absolute atomic E-state index is 0.00769. The number of fused-ring (bicyclic) bond motifs is 1. The summed E-state index contributed by atoms with van der Waals surface area (Å²) in [5.41, 5.74) is 2.30. The largest absolute Gasteiger partial charge is 0.462 e. The number of aromatic nitrogens is 2. The number of Topliss-reactive ketones (excluding diaryl/α,β-unsaturated/α-hetero) is 1. The third-order valence-corrected chi connectivity index (χ3v) is 5.59. The topological polar surface area (TPSA) is 52.2 Å². The first-order valence-electron chi connectivity index (χ1n) is 8.44. The lowest BCUT2D eigenvalue weighted by Gasteiger charge is -2.02. The highest BCUT2D eigenvalue weighted by Crippen LogP contribution is 2.24. The number of carbonyl (C=O) groups is 2. The van der Waals surface area contributed by atoms with E-state index in [0.29, 0.717) is 21.4 Å². The molecule has 0 radical (unpaired) electrons. The summed E-state index contributed by atoms with van der Waals surface area (Å²) in [4.78, 5) is 25.4. The number of hydrogen-bond acceptors (Lipinski definition) is 4. The van der Waals surface area contributed by atoms with Crippen molar-refractivity contribution in [1.82, 2.24) is 4.57 Å². The van der Waals surface area contributed by atoms with Gasteiger partial charge in [-0.3, -0.25) is 4.79 Å². The number of rotatable bonds is 6. The fourth-order valence-corrected chi connectivity index (χ4v) is 4.06. The molecule has 1 aromatic carbocycles. The van der Waals surface area contributed by atoms with Crippen molar-refractivity contribution >= 4 is 45.7 Å². The van der Waals surface area contributed by atoms with E-state index in [2.05, 4.69) is 11.5 Å². The van der Waals surface area contributed by atoms with Gasteiger partial charge in [-0.25, -0.2) is 13.9 Å². The number of imidazole rings is 1. The molecule has 0 spiro atoms. The van der Waals surface area contributed by atoms with E-state index in [4.69, 9.17) is 16.3 Å². The minimum Gasteiger partial charge on any atom is -0.462 e. The Bertz CT molecular complexity index is 990. The van der Waals surface area contributed by atoms with Crippen LogP contribution >= 0.6 is 22.9 Å². The smallest absolute Gasteiger partial charge is 0.338 e. The highest BCUT2D eigenvalue weighted by molar-refractivity contribution is 7.18. The van der Waals surface area contributed by atoms with Gasteiger partial charge in [-0.15, -0.1) is 11.3 Å². The zero-order valence-corrected chi connectivity index (χ0v) is 16.5. The van der Waals surface area contributed by atoms with Crippen LogP contribution in [0.5, 0.6) is 0 Å². The van der Waals surface area contributed by atoms with Crippen molar-refractivity contribution in [2.75, 3.05) is 6.61 Å². The molecule has 2 heterocycles. The van der Waals surface area contributed by atoms with Gasteiger partial charge >= 0.3 is 5.97 Å². The zero-order valence-electron chi connectivity index (χ0n) is 14.9. The lowest BCUT2D eigenvalue weighted by atomic mass is 10.2. The number of thiophene rings is 1.